The molecule has 1 amide bonds. The monoisotopic (exact) mass is 435 g/mol. The summed E-state index contributed by atoms with van der Waals surface area (Å²) in [6, 6.07) is 4.90. The maximum Gasteiger partial charge on any atom is 0.337 e. The van der Waals surface area contributed by atoms with Crippen molar-refractivity contribution >= 4 is 27.6 Å². The van der Waals surface area contributed by atoms with Crippen molar-refractivity contribution in [1.82, 2.24) is 9.46 Å². The minimum absolute atomic E-state index is 0.0604. The largest absolute Gasteiger partial charge is 0.465 e. The fourth-order valence-electron chi connectivity index (χ4n) is 3.58. The van der Waals surface area contributed by atoms with E-state index in [2.05, 4.69) is 10.5 Å². The van der Waals surface area contributed by atoms with Crippen molar-refractivity contribution in [2.75, 3.05) is 25.5 Å². The Hall–Kier alpha value is -2.72. The van der Waals surface area contributed by atoms with Crippen LogP contribution in [-0.4, -0.2) is 50.0 Å². The van der Waals surface area contributed by atoms with Crippen LogP contribution in [-0.2, 0) is 19.6 Å². The van der Waals surface area contributed by atoms with Crippen LogP contribution in [0.4, 0.5) is 5.69 Å². The average molecular weight is 436 g/mol. The van der Waals surface area contributed by atoms with Crippen molar-refractivity contribution in [3.63, 3.8) is 0 Å². The number of aryl methyl sites for hydroxylation is 3. The summed E-state index contributed by atoms with van der Waals surface area (Å²) in [7, 11) is -2.52. The number of hydrogen-bond donors (Lipinski definition) is 1. The second kappa shape index (κ2) is 8.57. The number of methoxy groups -OCH3 is 1. The molecular formula is C20H25N3O6S. The molecule has 9 nitrogen and oxygen atoms in total. The van der Waals surface area contributed by atoms with E-state index in [0.29, 0.717) is 36.3 Å². The van der Waals surface area contributed by atoms with Crippen LogP contribution in [0.1, 0.15) is 40.2 Å². The van der Waals surface area contributed by atoms with E-state index in [4.69, 9.17) is 9.26 Å². The molecule has 2 aromatic rings. The van der Waals surface area contributed by atoms with Gasteiger partial charge in [0.1, 0.15) is 10.6 Å². The lowest BCUT2D eigenvalue weighted by Gasteiger charge is -2.31. The predicted octanol–water partition coefficient (Wildman–Crippen LogP) is 2.43. The van der Waals surface area contributed by atoms with Gasteiger partial charge in [-0.15, -0.1) is 0 Å². The molecule has 30 heavy (non-hydrogen) atoms. The molecule has 1 N–H and O–H groups in total. The van der Waals surface area contributed by atoms with E-state index in [1.165, 1.54) is 11.4 Å². The van der Waals surface area contributed by atoms with E-state index in [0.717, 1.165) is 5.56 Å². The standard InChI is InChI=1S/C20H25N3O6S/c1-12-7-8-15(20(25)28-4)10-17(12)21-19(24)16-6-5-9-23(11-16)30(26,27)18-13(2)22-29-14(18)3/h7-8,10,16H,5-6,9,11H2,1-4H3,(H,21,24)/t16-/m0/s1. The number of amides is 1. The molecule has 1 aliphatic rings. The Morgan fingerprint density at radius 2 is 2.00 bits per heavy atom. The summed E-state index contributed by atoms with van der Waals surface area (Å²) in [5.74, 6) is -1.08. The van der Waals surface area contributed by atoms with E-state index in [1.807, 2.05) is 6.92 Å². The first-order chi connectivity index (χ1) is 14.1. The Labute approximate surface area is 175 Å². The molecule has 1 aliphatic heterocycles. The minimum atomic E-state index is -3.81. The van der Waals surface area contributed by atoms with Gasteiger partial charge in [-0.05, 0) is 51.3 Å². The fourth-order valence-corrected chi connectivity index (χ4v) is 5.40. The first-order valence-corrected chi connectivity index (χ1v) is 11.0. The number of esters is 1. The zero-order valence-electron chi connectivity index (χ0n) is 17.4. The van der Waals surface area contributed by atoms with Crippen molar-refractivity contribution in [3.05, 3.63) is 40.8 Å². The molecule has 0 spiro atoms. The van der Waals surface area contributed by atoms with Gasteiger partial charge in [-0.3, -0.25) is 4.79 Å². The first kappa shape index (κ1) is 22.0. The van der Waals surface area contributed by atoms with Gasteiger partial charge >= 0.3 is 5.97 Å². The molecule has 2 heterocycles. The van der Waals surface area contributed by atoms with E-state index < -0.39 is 21.9 Å². The number of piperidine rings is 1. The van der Waals surface area contributed by atoms with Gasteiger partial charge < -0.3 is 14.6 Å². The molecule has 0 unspecified atom stereocenters. The number of ether oxygens (including phenoxy) is 1. The van der Waals surface area contributed by atoms with Crippen molar-refractivity contribution in [2.24, 2.45) is 5.92 Å². The van der Waals surface area contributed by atoms with Gasteiger partial charge in [0, 0.05) is 18.8 Å². The quantitative estimate of drug-likeness (QED) is 0.716. The zero-order chi connectivity index (χ0) is 22.1. The van der Waals surface area contributed by atoms with Gasteiger partial charge in [-0.25, -0.2) is 13.2 Å². The zero-order valence-corrected chi connectivity index (χ0v) is 18.2. The van der Waals surface area contributed by atoms with Crippen molar-refractivity contribution < 1.29 is 27.3 Å². The maximum absolute atomic E-state index is 13.1. The molecule has 10 heteroatoms. The molecule has 0 bridgehead atoms. The molecule has 0 radical (unpaired) electrons. The van der Waals surface area contributed by atoms with Crippen LogP contribution in [0.2, 0.25) is 0 Å². The van der Waals surface area contributed by atoms with Crippen LogP contribution in [0, 0.1) is 26.7 Å². The van der Waals surface area contributed by atoms with Crippen molar-refractivity contribution in [3.8, 4) is 0 Å². The lowest BCUT2D eigenvalue weighted by molar-refractivity contribution is -0.120. The van der Waals surface area contributed by atoms with Gasteiger partial charge in [0.2, 0.25) is 15.9 Å². The Kier molecular flexibility index (Phi) is 6.27. The smallest absolute Gasteiger partial charge is 0.337 e. The van der Waals surface area contributed by atoms with Gasteiger partial charge in [0.25, 0.3) is 0 Å². The van der Waals surface area contributed by atoms with Crippen LogP contribution in [0.3, 0.4) is 0 Å². The molecule has 0 aliphatic carbocycles. The number of rotatable bonds is 5. The van der Waals surface area contributed by atoms with Crippen LogP contribution in [0.15, 0.2) is 27.6 Å². The third kappa shape index (κ3) is 4.24. The summed E-state index contributed by atoms with van der Waals surface area (Å²) in [5, 5.41) is 6.56. The lowest BCUT2D eigenvalue weighted by Crippen LogP contribution is -2.44. The predicted molar refractivity (Wildman–Crippen MR) is 109 cm³/mol. The molecule has 1 aromatic heterocycles. The second-order valence-electron chi connectivity index (χ2n) is 7.37. The average Bonchev–Trinajstić information content (AvgIpc) is 3.07. The number of sulfonamides is 1. The summed E-state index contributed by atoms with van der Waals surface area (Å²) < 4.78 is 37.2. The number of nitrogens with zero attached hydrogens (tertiary/aromatic N) is 2. The molecule has 162 valence electrons. The highest BCUT2D eigenvalue weighted by molar-refractivity contribution is 7.89. The highest BCUT2D eigenvalue weighted by Gasteiger charge is 2.36. The highest BCUT2D eigenvalue weighted by atomic mass is 32.2. The first-order valence-electron chi connectivity index (χ1n) is 9.58. The third-order valence-corrected chi connectivity index (χ3v) is 7.35. The van der Waals surface area contributed by atoms with Crippen LogP contribution < -0.4 is 5.32 Å². The Balaban J connectivity index is 1.78. The normalized spacial score (nSPS) is 17.5. The molecule has 1 saturated heterocycles. The van der Waals surface area contributed by atoms with Gasteiger partial charge in [-0.2, -0.15) is 4.31 Å². The summed E-state index contributed by atoms with van der Waals surface area (Å²) in [6.45, 7) is 5.33. The number of aromatic nitrogens is 1. The van der Waals surface area contributed by atoms with E-state index >= 15 is 0 Å². The maximum atomic E-state index is 13.1. The van der Waals surface area contributed by atoms with Gasteiger partial charge in [-0.1, -0.05) is 11.2 Å². The Bertz CT molecular complexity index is 1060. The summed E-state index contributed by atoms with van der Waals surface area (Å²) in [6.07, 6.45) is 1.12. The van der Waals surface area contributed by atoms with Crippen LogP contribution in [0.25, 0.3) is 0 Å². The van der Waals surface area contributed by atoms with Crippen LogP contribution in [0.5, 0.6) is 0 Å². The Morgan fingerprint density at radius 1 is 1.27 bits per heavy atom. The Morgan fingerprint density at radius 3 is 2.63 bits per heavy atom. The van der Waals surface area contributed by atoms with Gasteiger partial charge in [0.05, 0.1) is 18.6 Å². The number of carbonyl (C=O) groups is 2. The number of carbonyl (C=O) groups excluding carboxylic acids is 2. The molecular weight excluding hydrogens is 410 g/mol. The van der Waals surface area contributed by atoms with Crippen molar-refractivity contribution in [1.29, 1.82) is 0 Å². The number of benzene rings is 1. The van der Waals surface area contributed by atoms with E-state index in [1.54, 1.807) is 32.0 Å². The molecule has 1 fully saturated rings. The lowest BCUT2D eigenvalue weighted by atomic mass is 9.98. The summed E-state index contributed by atoms with van der Waals surface area (Å²) in [4.78, 5) is 24.7. The van der Waals surface area contributed by atoms with E-state index in [-0.39, 0.29) is 23.1 Å². The van der Waals surface area contributed by atoms with Gasteiger partial charge in [0.15, 0.2) is 5.76 Å². The third-order valence-electron chi connectivity index (χ3n) is 5.24. The number of hydrogen-bond acceptors (Lipinski definition) is 7. The SMILES string of the molecule is COC(=O)c1ccc(C)c(NC(=O)[C@H]2CCCN(S(=O)(=O)c3c(C)noc3C)C2)c1. The van der Waals surface area contributed by atoms with E-state index in [9.17, 15) is 18.0 Å². The highest BCUT2D eigenvalue weighted by Crippen LogP contribution is 2.28. The number of anilines is 1. The van der Waals surface area contributed by atoms with Crippen LogP contribution >= 0.6 is 0 Å². The second-order valence-corrected chi connectivity index (χ2v) is 9.24. The molecule has 1 aromatic carbocycles. The van der Waals surface area contributed by atoms with Crippen molar-refractivity contribution in [2.45, 2.75) is 38.5 Å². The molecule has 3 rings (SSSR count). The fraction of sp³-hybridized carbons (Fsp3) is 0.450. The molecule has 0 saturated carbocycles. The number of nitrogens with one attached hydrogen (secondary N) is 1. The summed E-state index contributed by atoms with van der Waals surface area (Å²) >= 11 is 0. The molecule has 1 atom stereocenters. The topological polar surface area (TPSA) is 119 Å². The minimum Gasteiger partial charge on any atom is -0.465 e. The summed E-state index contributed by atoms with van der Waals surface area (Å²) in [5.41, 5.74) is 1.90.